The standard InChI is InChI=1S/C13H17N3O3/c1-10-8-11(16(18)19)4-5-12(10)14-13(17)9-15-6-2-3-7-15/h4-5,8H,2-3,6-7,9H2,1H3,(H,14,17)/p+1. The predicted octanol–water partition coefficient (Wildman–Crippen LogP) is 0.520. The van der Waals surface area contributed by atoms with Crippen LogP contribution in [0.2, 0.25) is 0 Å². The number of anilines is 1. The maximum absolute atomic E-state index is 11.9. The lowest BCUT2D eigenvalue weighted by atomic mass is 10.2. The van der Waals surface area contributed by atoms with E-state index < -0.39 is 4.92 Å². The second kappa shape index (κ2) is 5.79. The van der Waals surface area contributed by atoms with Crippen LogP contribution < -0.4 is 10.2 Å². The molecule has 0 saturated carbocycles. The highest BCUT2D eigenvalue weighted by molar-refractivity contribution is 5.92. The number of aryl methyl sites for hydroxylation is 1. The van der Waals surface area contributed by atoms with Crippen molar-refractivity contribution in [3.05, 3.63) is 33.9 Å². The summed E-state index contributed by atoms with van der Waals surface area (Å²) >= 11 is 0. The lowest BCUT2D eigenvalue weighted by molar-refractivity contribution is -0.878. The Labute approximate surface area is 111 Å². The highest BCUT2D eigenvalue weighted by Crippen LogP contribution is 2.20. The van der Waals surface area contributed by atoms with E-state index in [-0.39, 0.29) is 11.6 Å². The first-order chi connectivity index (χ1) is 9.06. The van der Waals surface area contributed by atoms with Crippen LogP contribution in [0.4, 0.5) is 11.4 Å². The van der Waals surface area contributed by atoms with Gasteiger partial charge in [0.15, 0.2) is 6.54 Å². The quantitative estimate of drug-likeness (QED) is 0.615. The number of nitro groups is 1. The van der Waals surface area contributed by atoms with E-state index in [0.29, 0.717) is 17.8 Å². The molecular weight excluding hydrogens is 246 g/mol. The molecular formula is C13H18N3O3+. The molecule has 1 aliphatic heterocycles. The maximum Gasteiger partial charge on any atom is 0.279 e. The van der Waals surface area contributed by atoms with E-state index in [1.807, 2.05) is 0 Å². The van der Waals surface area contributed by atoms with Gasteiger partial charge < -0.3 is 10.2 Å². The van der Waals surface area contributed by atoms with Crippen LogP contribution in [0.3, 0.4) is 0 Å². The molecule has 0 aromatic heterocycles. The number of hydrogen-bond acceptors (Lipinski definition) is 3. The zero-order valence-corrected chi connectivity index (χ0v) is 10.9. The number of amides is 1. The third-order valence-corrected chi connectivity index (χ3v) is 3.42. The Morgan fingerprint density at radius 2 is 2.11 bits per heavy atom. The maximum atomic E-state index is 11.9. The molecule has 0 aliphatic carbocycles. The van der Waals surface area contributed by atoms with Crippen molar-refractivity contribution in [3.8, 4) is 0 Å². The summed E-state index contributed by atoms with van der Waals surface area (Å²) in [6.45, 7) is 4.32. The van der Waals surface area contributed by atoms with Crippen LogP contribution in [-0.2, 0) is 4.79 Å². The van der Waals surface area contributed by atoms with Crippen LogP contribution in [0.1, 0.15) is 18.4 Å². The molecule has 1 saturated heterocycles. The minimum atomic E-state index is -0.438. The molecule has 19 heavy (non-hydrogen) atoms. The van der Waals surface area contributed by atoms with Crippen molar-refractivity contribution in [2.75, 3.05) is 25.0 Å². The normalized spacial score (nSPS) is 15.4. The summed E-state index contributed by atoms with van der Waals surface area (Å²) in [6, 6.07) is 4.47. The summed E-state index contributed by atoms with van der Waals surface area (Å²) < 4.78 is 0. The summed E-state index contributed by atoms with van der Waals surface area (Å²) in [5, 5.41) is 13.5. The molecule has 0 unspecified atom stereocenters. The summed E-state index contributed by atoms with van der Waals surface area (Å²) in [7, 11) is 0. The van der Waals surface area contributed by atoms with Crippen LogP contribution in [0.15, 0.2) is 18.2 Å². The minimum absolute atomic E-state index is 0.0335. The van der Waals surface area contributed by atoms with Gasteiger partial charge in [-0.2, -0.15) is 0 Å². The van der Waals surface area contributed by atoms with Gasteiger partial charge in [0.2, 0.25) is 0 Å². The number of likely N-dealkylation sites (tertiary alicyclic amines) is 1. The van der Waals surface area contributed by atoms with E-state index in [4.69, 9.17) is 0 Å². The van der Waals surface area contributed by atoms with Crippen molar-refractivity contribution < 1.29 is 14.6 Å². The number of carbonyl (C=O) groups is 1. The number of nitrogens with one attached hydrogen (secondary N) is 2. The van der Waals surface area contributed by atoms with Gasteiger partial charge >= 0.3 is 0 Å². The number of non-ortho nitro benzene ring substituents is 1. The van der Waals surface area contributed by atoms with Crippen LogP contribution >= 0.6 is 0 Å². The van der Waals surface area contributed by atoms with Crippen LogP contribution in [0, 0.1) is 17.0 Å². The smallest absolute Gasteiger partial charge is 0.279 e. The van der Waals surface area contributed by atoms with Gasteiger partial charge in [-0.1, -0.05) is 0 Å². The largest absolute Gasteiger partial charge is 0.327 e. The first kappa shape index (κ1) is 13.5. The first-order valence-electron chi connectivity index (χ1n) is 6.45. The topological polar surface area (TPSA) is 76.7 Å². The molecule has 0 spiro atoms. The molecule has 1 aromatic carbocycles. The Kier molecular flexibility index (Phi) is 4.11. The van der Waals surface area contributed by atoms with E-state index in [2.05, 4.69) is 5.32 Å². The Balaban J connectivity index is 1.98. The highest BCUT2D eigenvalue weighted by atomic mass is 16.6. The van der Waals surface area contributed by atoms with E-state index >= 15 is 0 Å². The van der Waals surface area contributed by atoms with E-state index in [1.165, 1.54) is 29.9 Å². The number of nitro benzene ring substituents is 1. The Morgan fingerprint density at radius 3 is 2.68 bits per heavy atom. The number of hydrogen-bond donors (Lipinski definition) is 2. The van der Waals surface area contributed by atoms with Crippen LogP contribution in [0.25, 0.3) is 0 Å². The number of nitrogens with zero attached hydrogens (tertiary/aromatic N) is 1. The van der Waals surface area contributed by atoms with Crippen molar-refractivity contribution in [1.29, 1.82) is 0 Å². The molecule has 0 atom stereocenters. The van der Waals surface area contributed by atoms with Gasteiger partial charge in [-0.25, -0.2) is 0 Å². The molecule has 2 N–H and O–H groups in total. The predicted molar refractivity (Wildman–Crippen MR) is 71.3 cm³/mol. The third-order valence-electron chi connectivity index (χ3n) is 3.42. The first-order valence-corrected chi connectivity index (χ1v) is 6.45. The molecule has 1 heterocycles. The molecule has 102 valence electrons. The summed E-state index contributed by atoms with van der Waals surface area (Å²) in [4.78, 5) is 23.4. The van der Waals surface area contributed by atoms with Gasteiger partial charge in [0, 0.05) is 30.7 Å². The zero-order chi connectivity index (χ0) is 13.8. The molecule has 6 nitrogen and oxygen atoms in total. The molecule has 1 fully saturated rings. The molecule has 1 aromatic rings. The van der Waals surface area contributed by atoms with E-state index in [0.717, 1.165) is 13.1 Å². The SMILES string of the molecule is Cc1cc([N+](=O)[O-])ccc1NC(=O)C[NH+]1CCCC1. The number of carbonyl (C=O) groups excluding carboxylic acids is 1. The third kappa shape index (κ3) is 3.51. The molecule has 0 bridgehead atoms. The second-order valence-electron chi connectivity index (χ2n) is 4.94. The van der Waals surface area contributed by atoms with Crippen LogP contribution in [0.5, 0.6) is 0 Å². The molecule has 1 amide bonds. The number of benzene rings is 1. The van der Waals surface area contributed by atoms with Gasteiger partial charge in [0.25, 0.3) is 11.6 Å². The lowest BCUT2D eigenvalue weighted by Crippen LogP contribution is -3.11. The second-order valence-corrected chi connectivity index (χ2v) is 4.94. The summed E-state index contributed by atoms with van der Waals surface area (Å²) in [5.74, 6) is -0.0335. The highest BCUT2D eigenvalue weighted by Gasteiger charge is 2.19. The lowest BCUT2D eigenvalue weighted by Gasteiger charge is -2.12. The summed E-state index contributed by atoms with van der Waals surface area (Å²) in [5.41, 5.74) is 1.40. The van der Waals surface area contributed by atoms with E-state index in [9.17, 15) is 14.9 Å². The van der Waals surface area contributed by atoms with Gasteiger partial charge in [0.05, 0.1) is 18.0 Å². The van der Waals surface area contributed by atoms with Crippen molar-refractivity contribution in [1.82, 2.24) is 0 Å². The fraction of sp³-hybridized carbons (Fsp3) is 0.462. The van der Waals surface area contributed by atoms with Crippen molar-refractivity contribution >= 4 is 17.3 Å². The average Bonchev–Trinajstić information content (AvgIpc) is 2.84. The van der Waals surface area contributed by atoms with Gasteiger partial charge in [-0.15, -0.1) is 0 Å². The monoisotopic (exact) mass is 264 g/mol. The van der Waals surface area contributed by atoms with Crippen molar-refractivity contribution in [2.45, 2.75) is 19.8 Å². The van der Waals surface area contributed by atoms with Gasteiger partial charge in [-0.05, 0) is 18.6 Å². The van der Waals surface area contributed by atoms with Crippen LogP contribution in [-0.4, -0.2) is 30.5 Å². The molecule has 6 heteroatoms. The van der Waals surface area contributed by atoms with E-state index in [1.54, 1.807) is 13.0 Å². The zero-order valence-electron chi connectivity index (χ0n) is 10.9. The number of rotatable bonds is 4. The van der Waals surface area contributed by atoms with Crippen molar-refractivity contribution in [2.24, 2.45) is 0 Å². The minimum Gasteiger partial charge on any atom is -0.327 e. The number of quaternary nitrogens is 1. The summed E-state index contributed by atoms with van der Waals surface area (Å²) in [6.07, 6.45) is 2.36. The Bertz CT molecular complexity index is 496. The molecule has 2 rings (SSSR count). The average molecular weight is 264 g/mol. The molecule has 0 radical (unpaired) electrons. The Hall–Kier alpha value is -1.95. The Morgan fingerprint density at radius 1 is 1.42 bits per heavy atom. The van der Waals surface area contributed by atoms with Gasteiger partial charge in [-0.3, -0.25) is 14.9 Å². The fourth-order valence-corrected chi connectivity index (χ4v) is 2.37. The van der Waals surface area contributed by atoms with Gasteiger partial charge in [0.1, 0.15) is 0 Å². The fourth-order valence-electron chi connectivity index (χ4n) is 2.37. The van der Waals surface area contributed by atoms with Crippen molar-refractivity contribution in [3.63, 3.8) is 0 Å². The molecule has 1 aliphatic rings.